The fraction of sp³-hybridized carbons (Fsp3) is 0.571. The smallest absolute Gasteiger partial charge is 0.243 e. The van der Waals surface area contributed by atoms with E-state index in [2.05, 4.69) is 16.0 Å². The number of aliphatic hydroxyl groups is 1. The van der Waals surface area contributed by atoms with Crippen molar-refractivity contribution in [1.82, 2.24) is 20.3 Å². The minimum absolute atomic E-state index is 0.0530. The van der Waals surface area contributed by atoms with Crippen LogP contribution in [-0.2, 0) is 30.8 Å². The highest BCUT2D eigenvalue weighted by Crippen LogP contribution is 2.21. The predicted molar refractivity (Wildman–Crippen MR) is 186 cm³/mol. The molecule has 266 valence electrons. The van der Waals surface area contributed by atoms with Crippen LogP contribution in [0.2, 0.25) is 0 Å². The molecule has 2 bridgehead atoms. The number of nitrogens with zero attached hydrogens (tertiary/aromatic N) is 1. The second kappa shape index (κ2) is 18.8. The van der Waals surface area contributed by atoms with E-state index >= 15 is 0 Å². The summed E-state index contributed by atoms with van der Waals surface area (Å²) in [5, 5.41) is 20.2. The zero-order valence-electron chi connectivity index (χ0n) is 28.6. The van der Waals surface area contributed by atoms with Crippen molar-refractivity contribution < 1.29 is 32.6 Å². The molecule has 0 saturated heterocycles. The van der Waals surface area contributed by atoms with Gasteiger partial charge in [0.05, 0.1) is 23.6 Å². The monoisotopic (exact) mass is 687 g/mol. The normalized spacial score (nSPS) is 20.4. The first-order valence-corrected chi connectivity index (χ1v) is 18.4. The summed E-state index contributed by atoms with van der Waals surface area (Å²) < 4.78 is 34.8. The van der Waals surface area contributed by atoms with Crippen molar-refractivity contribution in [3.8, 4) is 5.75 Å². The van der Waals surface area contributed by atoms with Gasteiger partial charge in [0.15, 0.2) is 0 Å². The van der Waals surface area contributed by atoms with Gasteiger partial charge >= 0.3 is 0 Å². The second-order valence-corrected chi connectivity index (χ2v) is 14.9. The van der Waals surface area contributed by atoms with Gasteiger partial charge in [0, 0.05) is 25.7 Å². The fourth-order valence-electron chi connectivity index (χ4n) is 5.48. The average Bonchev–Trinajstić information content (AvgIpc) is 3.04. The van der Waals surface area contributed by atoms with Crippen LogP contribution in [0.5, 0.6) is 5.75 Å². The van der Waals surface area contributed by atoms with Crippen LogP contribution in [0.1, 0.15) is 78.2 Å². The van der Waals surface area contributed by atoms with Crippen molar-refractivity contribution in [3.05, 3.63) is 54.1 Å². The molecular formula is C35H53N5O7S. The molecule has 0 saturated carbocycles. The van der Waals surface area contributed by atoms with Crippen LogP contribution >= 0.6 is 0 Å². The molecule has 13 heteroatoms. The Hall–Kier alpha value is -3.68. The minimum Gasteiger partial charge on any atom is -0.494 e. The van der Waals surface area contributed by atoms with Gasteiger partial charge in [-0.05, 0) is 86.4 Å². The summed E-state index contributed by atoms with van der Waals surface area (Å²) >= 11 is 0. The summed E-state index contributed by atoms with van der Waals surface area (Å²) in [5.41, 5.74) is 7.03. The zero-order valence-corrected chi connectivity index (χ0v) is 29.4. The minimum atomic E-state index is -4.02. The molecule has 0 fully saturated rings. The van der Waals surface area contributed by atoms with Crippen LogP contribution in [-0.4, -0.2) is 79.5 Å². The topological polar surface area (TPSA) is 180 Å². The number of amides is 3. The standard InChI is InChI=1S/C35H53N5O7S/c1-5-6-9-31-35(44)39-32(33(42)23-40(20-19-24(2)3)48(45,46)29-17-13-27(36)14-18-29)22-26-11-15-28(16-12-26)47-21-8-7-10-30(34(43)38-31)37-25(4)41/h11-18,24,30-33,42H,5-10,19-23,36H2,1-4H3,(H,37,41)(H,38,43)(H,39,44)/t30-,31+,32+,33-/m1/s1. The summed E-state index contributed by atoms with van der Waals surface area (Å²) in [4.78, 5) is 39.2. The van der Waals surface area contributed by atoms with E-state index < -0.39 is 46.1 Å². The first-order valence-electron chi connectivity index (χ1n) is 16.9. The maximum Gasteiger partial charge on any atom is 0.243 e. The Bertz CT molecular complexity index is 1430. The molecule has 0 radical (unpaired) electrons. The number of nitrogen functional groups attached to an aromatic ring is 1. The van der Waals surface area contributed by atoms with E-state index in [-0.39, 0.29) is 36.2 Å². The second-order valence-electron chi connectivity index (χ2n) is 12.9. The van der Waals surface area contributed by atoms with E-state index in [9.17, 15) is 27.9 Å². The van der Waals surface area contributed by atoms with Gasteiger partial charge in [0.2, 0.25) is 27.7 Å². The summed E-state index contributed by atoms with van der Waals surface area (Å²) in [5.74, 6) is -0.477. The zero-order chi connectivity index (χ0) is 35.3. The highest BCUT2D eigenvalue weighted by molar-refractivity contribution is 7.89. The Balaban J connectivity index is 1.97. The molecule has 4 rings (SSSR count). The highest BCUT2D eigenvalue weighted by Gasteiger charge is 2.33. The van der Waals surface area contributed by atoms with Crippen molar-refractivity contribution >= 4 is 33.4 Å². The number of fused-ring (bicyclic) bond motifs is 14. The third-order valence-corrected chi connectivity index (χ3v) is 10.2. The number of rotatable bonds is 12. The van der Waals surface area contributed by atoms with Crippen molar-refractivity contribution in [1.29, 1.82) is 0 Å². The summed E-state index contributed by atoms with van der Waals surface area (Å²) in [6.45, 7) is 7.60. The molecule has 48 heavy (non-hydrogen) atoms. The van der Waals surface area contributed by atoms with Gasteiger partial charge in [0.25, 0.3) is 0 Å². The number of ether oxygens (including phenoxy) is 1. The maximum atomic E-state index is 13.9. The van der Waals surface area contributed by atoms with Crippen molar-refractivity contribution in [2.75, 3.05) is 25.4 Å². The van der Waals surface area contributed by atoms with Gasteiger partial charge in [-0.15, -0.1) is 0 Å². The molecular weight excluding hydrogens is 634 g/mol. The van der Waals surface area contributed by atoms with Gasteiger partial charge in [-0.2, -0.15) is 4.31 Å². The number of sulfonamides is 1. The number of nitrogens with two attached hydrogens (primary N) is 1. The summed E-state index contributed by atoms with van der Waals surface area (Å²) in [7, 11) is -4.02. The average molecular weight is 688 g/mol. The highest BCUT2D eigenvalue weighted by atomic mass is 32.2. The van der Waals surface area contributed by atoms with Crippen LogP contribution in [0.25, 0.3) is 0 Å². The largest absolute Gasteiger partial charge is 0.494 e. The van der Waals surface area contributed by atoms with Gasteiger partial charge in [-0.3, -0.25) is 14.4 Å². The lowest BCUT2D eigenvalue weighted by molar-refractivity contribution is -0.132. The molecule has 0 aliphatic carbocycles. The van der Waals surface area contributed by atoms with Gasteiger partial charge in [-0.1, -0.05) is 45.7 Å². The molecule has 6 N–H and O–H groups in total. The number of hydrogen-bond donors (Lipinski definition) is 5. The molecule has 12 nitrogen and oxygen atoms in total. The Kier molecular flexibility index (Phi) is 15.1. The lowest BCUT2D eigenvalue weighted by atomic mass is 9.99. The van der Waals surface area contributed by atoms with E-state index in [1.165, 1.54) is 35.5 Å². The van der Waals surface area contributed by atoms with Crippen LogP contribution < -0.4 is 26.4 Å². The number of unbranched alkanes of at least 4 members (excludes halogenated alkanes) is 1. The molecule has 2 aliphatic rings. The molecule has 3 amide bonds. The molecule has 0 aromatic heterocycles. The molecule has 2 aromatic rings. The molecule has 2 aromatic carbocycles. The Morgan fingerprint density at radius 2 is 1.75 bits per heavy atom. The van der Waals surface area contributed by atoms with Crippen molar-refractivity contribution in [2.24, 2.45) is 5.92 Å². The van der Waals surface area contributed by atoms with Crippen LogP contribution in [0.4, 0.5) is 5.69 Å². The molecule has 0 unspecified atom stereocenters. The SMILES string of the molecule is CCCC[C@@H]1NC(=O)[C@H](NC(C)=O)CCCCOc2ccc(cc2)C[C@@H]([C@H](O)CN(CCC(C)C)S(=O)(=O)c2ccc(N)cc2)NC1=O. The van der Waals surface area contributed by atoms with E-state index in [1.54, 1.807) is 0 Å². The Labute approximate surface area is 285 Å². The van der Waals surface area contributed by atoms with E-state index in [0.29, 0.717) is 56.6 Å². The van der Waals surface area contributed by atoms with Gasteiger partial charge in [0.1, 0.15) is 17.8 Å². The van der Waals surface area contributed by atoms with E-state index in [1.807, 2.05) is 45.0 Å². The predicted octanol–water partition coefficient (Wildman–Crippen LogP) is 3.14. The number of benzene rings is 2. The molecule has 0 spiro atoms. The Morgan fingerprint density at radius 1 is 1.06 bits per heavy atom. The summed E-state index contributed by atoms with van der Waals surface area (Å²) in [6, 6.07) is 10.6. The maximum absolute atomic E-state index is 13.9. The number of anilines is 1. The molecule has 2 heterocycles. The van der Waals surface area contributed by atoms with Crippen LogP contribution in [0, 0.1) is 5.92 Å². The molecule has 4 atom stereocenters. The van der Waals surface area contributed by atoms with Crippen molar-refractivity contribution in [3.63, 3.8) is 0 Å². The van der Waals surface area contributed by atoms with Gasteiger partial charge in [-0.25, -0.2) is 8.42 Å². The number of carbonyl (C=O) groups excluding carboxylic acids is 3. The number of aliphatic hydroxyl groups excluding tert-OH is 1. The summed E-state index contributed by atoms with van der Waals surface area (Å²) in [6.07, 6.45) is 2.85. The number of nitrogens with one attached hydrogen (secondary N) is 3. The number of hydrogen-bond acceptors (Lipinski definition) is 8. The Morgan fingerprint density at radius 3 is 2.38 bits per heavy atom. The van der Waals surface area contributed by atoms with E-state index in [4.69, 9.17) is 10.5 Å². The van der Waals surface area contributed by atoms with E-state index in [0.717, 1.165) is 12.0 Å². The van der Waals surface area contributed by atoms with Crippen LogP contribution in [0.3, 0.4) is 0 Å². The first kappa shape index (κ1) is 38.8. The third-order valence-electron chi connectivity index (χ3n) is 8.36. The lowest BCUT2D eigenvalue weighted by Crippen LogP contribution is -2.57. The lowest BCUT2D eigenvalue weighted by Gasteiger charge is -2.31. The quantitative estimate of drug-likeness (QED) is 0.211. The van der Waals surface area contributed by atoms with Crippen LogP contribution in [0.15, 0.2) is 53.4 Å². The fourth-order valence-corrected chi connectivity index (χ4v) is 6.96. The van der Waals surface area contributed by atoms with Crippen molar-refractivity contribution in [2.45, 2.75) is 108 Å². The first-order chi connectivity index (χ1) is 22.8. The third kappa shape index (κ3) is 12.1. The molecule has 2 aliphatic heterocycles. The number of carbonyl (C=O) groups is 3. The van der Waals surface area contributed by atoms with Gasteiger partial charge < -0.3 is 31.5 Å².